The van der Waals surface area contributed by atoms with E-state index in [0.29, 0.717) is 0 Å². The minimum Gasteiger partial charge on any atom is -0.508 e. The van der Waals surface area contributed by atoms with Crippen molar-refractivity contribution in [2.24, 2.45) is 0 Å². The summed E-state index contributed by atoms with van der Waals surface area (Å²) in [5.41, 5.74) is 0. The quantitative estimate of drug-likeness (QED) is 0.398. The Bertz CT molecular complexity index is 301. The molecular weight excluding hydrogens is 216 g/mol. The number of hydrogen-bond donors (Lipinski definition) is 2. The van der Waals surface area contributed by atoms with Crippen LogP contribution in [0.1, 0.15) is 26.7 Å². The van der Waals surface area contributed by atoms with Crippen molar-refractivity contribution in [1.29, 1.82) is 0 Å². The van der Waals surface area contributed by atoms with Crippen LogP contribution in [-0.2, 0) is 19.1 Å². The molecule has 0 saturated heterocycles. The Hall–Kier alpha value is -1.85. The molecule has 0 aliphatic rings. The third-order valence-electron chi connectivity index (χ3n) is 1.66. The molecule has 6 heteroatoms. The average molecular weight is 230 g/mol. The Balaban J connectivity index is 4.73. The number of aliphatic hydroxyl groups is 1. The molecule has 0 rings (SSSR count). The Morgan fingerprint density at radius 1 is 1.31 bits per heavy atom. The number of allylic oxidation sites excluding steroid dienone is 1. The van der Waals surface area contributed by atoms with Crippen molar-refractivity contribution in [2.75, 3.05) is 0 Å². The van der Waals surface area contributed by atoms with Gasteiger partial charge in [0.05, 0.1) is 6.42 Å². The maximum atomic E-state index is 11.0. The first-order valence-corrected chi connectivity index (χ1v) is 4.69. The van der Waals surface area contributed by atoms with E-state index in [1.54, 1.807) is 6.92 Å². The zero-order valence-corrected chi connectivity index (χ0v) is 9.10. The minimum atomic E-state index is -1.31. The predicted molar refractivity (Wildman–Crippen MR) is 53.8 cm³/mol. The van der Waals surface area contributed by atoms with E-state index < -0.39 is 30.2 Å². The fourth-order valence-electron chi connectivity index (χ4n) is 0.925. The van der Waals surface area contributed by atoms with Crippen molar-refractivity contribution in [3.8, 4) is 0 Å². The highest BCUT2D eigenvalue weighted by Crippen LogP contribution is 2.09. The lowest BCUT2D eigenvalue weighted by Crippen LogP contribution is -2.23. The van der Waals surface area contributed by atoms with Crippen LogP contribution in [-0.4, -0.2) is 34.0 Å². The second-order valence-corrected chi connectivity index (χ2v) is 3.09. The Morgan fingerprint density at radius 2 is 1.88 bits per heavy atom. The minimum absolute atomic E-state index is 0.171. The highest BCUT2D eigenvalue weighted by molar-refractivity contribution is 5.90. The largest absolute Gasteiger partial charge is 0.508 e. The predicted octanol–water partition coefficient (Wildman–Crippen LogP) is 0.814. The van der Waals surface area contributed by atoms with Crippen LogP contribution in [0.5, 0.6) is 0 Å². The monoisotopic (exact) mass is 230 g/mol. The molecule has 0 fully saturated rings. The van der Waals surface area contributed by atoms with E-state index in [4.69, 9.17) is 5.11 Å². The summed E-state index contributed by atoms with van der Waals surface area (Å²) in [6.45, 7) is 2.67. The van der Waals surface area contributed by atoms with Crippen molar-refractivity contribution in [1.82, 2.24) is 0 Å². The Kier molecular flexibility index (Phi) is 5.84. The van der Waals surface area contributed by atoms with Crippen molar-refractivity contribution < 1.29 is 29.3 Å². The smallest absolute Gasteiger partial charge is 0.307 e. The van der Waals surface area contributed by atoms with E-state index in [1.165, 1.54) is 0 Å². The first kappa shape index (κ1) is 14.2. The molecule has 16 heavy (non-hydrogen) atoms. The van der Waals surface area contributed by atoms with E-state index in [1.807, 2.05) is 0 Å². The molecule has 90 valence electrons. The molecule has 0 unspecified atom stereocenters. The van der Waals surface area contributed by atoms with Gasteiger partial charge in [0.15, 0.2) is 11.9 Å². The van der Waals surface area contributed by atoms with Gasteiger partial charge in [-0.25, -0.2) is 0 Å². The number of esters is 1. The second kappa shape index (κ2) is 6.60. The van der Waals surface area contributed by atoms with Crippen molar-refractivity contribution in [2.45, 2.75) is 32.8 Å². The number of ether oxygens (including phenoxy) is 1. The lowest BCUT2D eigenvalue weighted by Gasteiger charge is -2.13. The first-order chi connectivity index (χ1) is 7.36. The van der Waals surface area contributed by atoms with Gasteiger partial charge >= 0.3 is 11.9 Å². The van der Waals surface area contributed by atoms with Crippen LogP contribution in [0, 0.1) is 0 Å². The number of hydrogen-bond acceptors (Lipinski definition) is 5. The second-order valence-electron chi connectivity index (χ2n) is 3.09. The number of carbonyl (C=O) groups excluding carboxylic acids is 2. The van der Waals surface area contributed by atoms with E-state index >= 15 is 0 Å². The molecule has 0 aliphatic carbocycles. The summed E-state index contributed by atoms with van der Waals surface area (Å²) in [7, 11) is 0. The zero-order valence-electron chi connectivity index (χ0n) is 9.10. The molecule has 2 N–H and O–H groups in total. The summed E-state index contributed by atoms with van der Waals surface area (Å²) in [6.07, 6.45) is -0.857. The third-order valence-corrected chi connectivity index (χ3v) is 1.66. The molecule has 0 aromatic heterocycles. The number of carbonyl (C=O) groups is 3. The van der Waals surface area contributed by atoms with Gasteiger partial charge in [0, 0.05) is 19.4 Å². The molecule has 0 spiro atoms. The highest BCUT2D eigenvalue weighted by Gasteiger charge is 2.21. The standard InChI is InChI=1S/C10H14O6/c1-3-7(12)4-8(13)9(5-10(14)15)16-6(2)11/h4,9,13H,3,5H2,1-2H3,(H,14,15)/b8-4-/t9-/m0/s1. The van der Waals surface area contributed by atoms with Crippen LogP contribution in [0.25, 0.3) is 0 Å². The van der Waals surface area contributed by atoms with Crippen molar-refractivity contribution in [3.05, 3.63) is 11.8 Å². The highest BCUT2D eigenvalue weighted by atomic mass is 16.6. The normalized spacial score (nSPS) is 13.0. The molecule has 1 atom stereocenters. The van der Waals surface area contributed by atoms with Crippen molar-refractivity contribution in [3.63, 3.8) is 0 Å². The summed E-state index contributed by atoms with van der Waals surface area (Å²) >= 11 is 0. The molecule has 0 radical (unpaired) electrons. The summed E-state index contributed by atoms with van der Waals surface area (Å²) in [5.74, 6) is -2.89. The summed E-state index contributed by atoms with van der Waals surface area (Å²) < 4.78 is 4.58. The van der Waals surface area contributed by atoms with Gasteiger partial charge in [0.1, 0.15) is 5.76 Å². The third kappa shape index (κ3) is 5.79. The van der Waals surface area contributed by atoms with E-state index in [9.17, 15) is 19.5 Å². The molecule has 0 bridgehead atoms. The van der Waals surface area contributed by atoms with Gasteiger partial charge in [-0.1, -0.05) is 6.92 Å². The Labute approximate surface area is 92.5 Å². The number of ketones is 1. The van der Waals surface area contributed by atoms with E-state index in [-0.39, 0.29) is 12.2 Å². The number of carboxylic acid groups (broad SMARTS) is 1. The molecule has 0 saturated carbocycles. The van der Waals surface area contributed by atoms with Gasteiger partial charge in [0.25, 0.3) is 0 Å². The number of rotatable bonds is 6. The van der Waals surface area contributed by atoms with Gasteiger partial charge in [-0.3, -0.25) is 14.4 Å². The van der Waals surface area contributed by atoms with Crippen LogP contribution in [0.3, 0.4) is 0 Å². The maximum Gasteiger partial charge on any atom is 0.307 e. The van der Waals surface area contributed by atoms with Crippen LogP contribution >= 0.6 is 0 Å². The van der Waals surface area contributed by atoms with Crippen LogP contribution in [0.15, 0.2) is 11.8 Å². The fraction of sp³-hybridized carbons (Fsp3) is 0.500. The molecular formula is C10H14O6. The topological polar surface area (TPSA) is 101 Å². The SMILES string of the molecule is CCC(=O)/C=C(\O)[C@H](CC(=O)O)OC(C)=O. The van der Waals surface area contributed by atoms with Gasteiger partial charge in [-0.2, -0.15) is 0 Å². The lowest BCUT2D eigenvalue weighted by atomic mass is 10.1. The zero-order chi connectivity index (χ0) is 12.7. The number of aliphatic carboxylic acids is 1. The fourth-order valence-corrected chi connectivity index (χ4v) is 0.925. The first-order valence-electron chi connectivity index (χ1n) is 4.69. The number of aliphatic hydroxyl groups excluding tert-OH is 1. The summed E-state index contributed by atoms with van der Waals surface area (Å²) in [6, 6.07) is 0. The maximum absolute atomic E-state index is 11.0. The van der Waals surface area contributed by atoms with Crippen LogP contribution in [0.4, 0.5) is 0 Å². The molecule has 0 aromatic rings. The van der Waals surface area contributed by atoms with Gasteiger partial charge in [-0.05, 0) is 0 Å². The van der Waals surface area contributed by atoms with Crippen LogP contribution in [0.2, 0.25) is 0 Å². The molecule has 0 aromatic carbocycles. The van der Waals surface area contributed by atoms with E-state index in [2.05, 4.69) is 4.74 Å². The molecule has 0 amide bonds. The molecule has 6 nitrogen and oxygen atoms in total. The molecule has 0 heterocycles. The number of carboxylic acids is 1. The Morgan fingerprint density at radius 3 is 2.25 bits per heavy atom. The van der Waals surface area contributed by atoms with Crippen LogP contribution < -0.4 is 0 Å². The summed E-state index contributed by atoms with van der Waals surface area (Å²) in [4.78, 5) is 32.1. The van der Waals surface area contributed by atoms with Gasteiger partial charge in [-0.15, -0.1) is 0 Å². The van der Waals surface area contributed by atoms with Gasteiger partial charge in [0.2, 0.25) is 0 Å². The lowest BCUT2D eigenvalue weighted by molar-refractivity contribution is -0.150. The average Bonchev–Trinajstić information content (AvgIpc) is 2.15. The van der Waals surface area contributed by atoms with Gasteiger partial charge < -0.3 is 14.9 Å². The molecule has 0 aliphatic heterocycles. The summed E-state index contributed by atoms with van der Waals surface area (Å²) in [5, 5.41) is 17.9. The van der Waals surface area contributed by atoms with Crippen molar-refractivity contribution >= 4 is 17.7 Å². The van der Waals surface area contributed by atoms with E-state index in [0.717, 1.165) is 13.0 Å².